The zero-order valence-electron chi connectivity index (χ0n) is 42.4. The molecule has 0 saturated heterocycles. The Hall–Kier alpha value is -9.96. The van der Waals surface area contributed by atoms with E-state index in [0.717, 1.165) is 17.1 Å². The summed E-state index contributed by atoms with van der Waals surface area (Å²) in [6.45, 7) is 4.34. The second-order valence-electron chi connectivity index (χ2n) is 21.6. The largest absolute Gasteiger partial charge is 0.310 e. The molecule has 0 aliphatic carbocycles. The Morgan fingerprint density at radius 1 is 0.234 bits per heavy atom. The highest BCUT2D eigenvalue weighted by Crippen LogP contribution is 2.57. The average molecular weight is 976 g/mol. The summed E-state index contributed by atoms with van der Waals surface area (Å²) in [5.74, 6) is 0. The fraction of sp³-hybridized carbons (Fsp3) is 0.0270. The smallest absolute Gasteiger partial charge is 0.0633 e. The normalized spacial score (nSPS) is 12.5. The standard InChI is InChI=1S/C74H45N3/c1-42-28-32-45(33-29-42)75(46-34-30-43(2)31-35-46)64-41-40-57-66-55(64)22-13-23-56(66)69-70(57)74(77-62-26-9-5-18-49(62)50-19-6-10-27-63(50)77)72-59-39-37-54-52-21-12-15-44-14-11-20-51(65(44)52)53-36-38-58(68(59)67(53)54)71(72)73(69)76-60-24-7-3-16-47(60)48-17-4-8-25-61(48)76/h3-41H,1-2H3. The van der Waals surface area contributed by atoms with Gasteiger partial charge in [0, 0.05) is 59.9 Å². The number of rotatable bonds is 5. The highest BCUT2D eigenvalue weighted by molar-refractivity contribution is 6.48. The fourth-order valence-electron chi connectivity index (χ4n) is 14.5. The zero-order valence-corrected chi connectivity index (χ0v) is 42.4. The maximum Gasteiger partial charge on any atom is 0.0633 e. The van der Waals surface area contributed by atoms with Gasteiger partial charge in [-0.3, -0.25) is 0 Å². The van der Waals surface area contributed by atoms with Crippen molar-refractivity contribution >= 4 is 158 Å². The van der Waals surface area contributed by atoms with Gasteiger partial charge in [-0.2, -0.15) is 0 Å². The molecule has 2 aromatic heterocycles. The molecule has 356 valence electrons. The van der Waals surface area contributed by atoms with Crippen molar-refractivity contribution in [2.75, 3.05) is 4.90 Å². The molecule has 0 aliphatic heterocycles. The Morgan fingerprint density at radius 2 is 0.558 bits per heavy atom. The summed E-state index contributed by atoms with van der Waals surface area (Å²) in [7, 11) is 0. The van der Waals surface area contributed by atoms with Gasteiger partial charge in [0.1, 0.15) is 0 Å². The van der Waals surface area contributed by atoms with Crippen LogP contribution in [0.3, 0.4) is 0 Å². The summed E-state index contributed by atoms with van der Waals surface area (Å²) in [4.78, 5) is 2.46. The van der Waals surface area contributed by atoms with E-state index in [9.17, 15) is 0 Å². The molecule has 0 spiro atoms. The first-order valence-corrected chi connectivity index (χ1v) is 26.9. The highest BCUT2D eigenvalue weighted by Gasteiger charge is 2.32. The van der Waals surface area contributed by atoms with E-state index < -0.39 is 0 Å². The highest BCUT2D eigenvalue weighted by atomic mass is 15.1. The van der Waals surface area contributed by atoms with Crippen LogP contribution >= 0.6 is 0 Å². The molecule has 0 saturated carbocycles. The molecular weight excluding hydrogens is 931 g/mol. The number of hydrogen-bond acceptors (Lipinski definition) is 1. The van der Waals surface area contributed by atoms with E-state index in [1.54, 1.807) is 0 Å². The molecule has 3 nitrogen and oxygen atoms in total. The third kappa shape index (κ3) is 5.25. The topological polar surface area (TPSA) is 13.1 Å². The minimum atomic E-state index is 1.13. The lowest BCUT2D eigenvalue weighted by Crippen LogP contribution is -2.10. The van der Waals surface area contributed by atoms with Gasteiger partial charge in [-0.1, -0.05) is 193 Å². The van der Waals surface area contributed by atoms with Crippen LogP contribution in [0.15, 0.2) is 237 Å². The maximum atomic E-state index is 2.64. The van der Waals surface area contributed by atoms with Crippen LogP contribution < -0.4 is 4.90 Å². The minimum Gasteiger partial charge on any atom is -0.310 e. The molecule has 16 aromatic carbocycles. The first kappa shape index (κ1) is 41.4. The van der Waals surface area contributed by atoms with E-state index in [1.165, 1.54) is 163 Å². The minimum absolute atomic E-state index is 1.13. The molecule has 0 bridgehead atoms. The van der Waals surface area contributed by atoms with Gasteiger partial charge in [0.05, 0.1) is 39.1 Å². The van der Waals surface area contributed by atoms with Crippen LogP contribution in [0.2, 0.25) is 0 Å². The van der Waals surface area contributed by atoms with Gasteiger partial charge in [-0.05, 0) is 138 Å². The quantitative estimate of drug-likeness (QED) is 0.124. The Morgan fingerprint density at radius 3 is 1.03 bits per heavy atom. The number of hydrogen-bond donors (Lipinski definition) is 0. The molecule has 0 N–H and O–H groups in total. The summed E-state index contributed by atoms with van der Waals surface area (Å²) >= 11 is 0. The Labute approximate surface area is 442 Å². The molecule has 0 aliphatic rings. The average Bonchev–Trinajstić information content (AvgIpc) is 4.30. The van der Waals surface area contributed by atoms with Gasteiger partial charge in [0.25, 0.3) is 0 Å². The van der Waals surface area contributed by atoms with Gasteiger partial charge in [-0.15, -0.1) is 0 Å². The monoisotopic (exact) mass is 975 g/mol. The summed E-state index contributed by atoms with van der Waals surface area (Å²) < 4.78 is 5.28. The van der Waals surface area contributed by atoms with Gasteiger partial charge >= 0.3 is 0 Å². The van der Waals surface area contributed by atoms with Crippen molar-refractivity contribution in [1.29, 1.82) is 0 Å². The Bertz CT molecular complexity index is 5120. The first-order chi connectivity index (χ1) is 38.1. The van der Waals surface area contributed by atoms with Crippen LogP contribution in [-0.4, -0.2) is 9.13 Å². The van der Waals surface area contributed by atoms with Crippen LogP contribution in [0, 0.1) is 13.8 Å². The lowest BCUT2D eigenvalue weighted by atomic mass is 9.89. The van der Waals surface area contributed by atoms with Crippen LogP contribution in [0.1, 0.15) is 11.1 Å². The second kappa shape index (κ2) is 14.9. The maximum absolute atomic E-state index is 2.64. The van der Waals surface area contributed by atoms with E-state index in [1.807, 2.05) is 0 Å². The predicted octanol–water partition coefficient (Wildman–Crippen LogP) is 20.7. The fourth-order valence-corrected chi connectivity index (χ4v) is 14.5. The SMILES string of the molecule is Cc1ccc(N(c2ccc(C)cc2)c2ccc3c4c(-n5c6ccccc6c6ccccc65)c5c6ccc7c8cccc9cccc(c%10ccc(c5c(-n5c%11ccccc%11c%11ccccc%115)c4c4cccc2c43)c6c%107)c98)cc1. The van der Waals surface area contributed by atoms with Crippen LogP contribution in [-0.2, 0) is 0 Å². The number of para-hydroxylation sites is 4. The van der Waals surface area contributed by atoms with Crippen molar-refractivity contribution in [3.63, 3.8) is 0 Å². The first-order valence-electron chi connectivity index (χ1n) is 26.9. The van der Waals surface area contributed by atoms with E-state index in [4.69, 9.17) is 0 Å². The Kier molecular flexibility index (Phi) is 8.00. The van der Waals surface area contributed by atoms with Crippen molar-refractivity contribution in [2.24, 2.45) is 0 Å². The van der Waals surface area contributed by atoms with Gasteiger partial charge in [-0.25, -0.2) is 0 Å². The van der Waals surface area contributed by atoms with Crippen LogP contribution in [0.25, 0.3) is 152 Å². The second-order valence-corrected chi connectivity index (χ2v) is 21.6. The van der Waals surface area contributed by atoms with Gasteiger partial charge in [0.15, 0.2) is 0 Å². The summed E-state index contributed by atoms with van der Waals surface area (Å²) in [5, 5.41) is 28.1. The number of benzene rings is 14. The number of nitrogens with zero attached hydrogens (tertiary/aromatic N) is 3. The van der Waals surface area contributed by atoms with Crippen molar-refractivity contribution in [3.05, 3.63) is 248 Å². The van der Waals surface area contributed by atoms with Crippen molar-refractivity contribution < 1.29 is 0 Å². The molecule has 0 unspecified atom stereocenters. The number of aryl methyl sites for hydroxylation is 2. The Balaban J connectivity index is 1.13. The number of anilines is 3. The molecule has 77 heavy (non-hydrogen) atoms. The van der Waals surface area contributed by atoms with E-state index in [-0.39, 0.29) is 0 Å². The van der Waals surface area contributed by atoms with Crippen LogP contribution in [0.5, 0.6) is 0 Å². The predicted molar refractivity (Wildman–Crippen MR) is 330 cm³/mol. The molecule has 3 heteroatoms. The third-order valence-electron chi connectivity index (χ3n) is 17.6. The lowest BCUT2D eigenvalue weighted by Gasteiger charge is -2.27. The molecule has 18 aromatic rings. The molecular formula is C74H45N3. The molecule has 18 rings (SSSR count). The zero-order chi connectivity index (χ0) is 50.4. The third-order valence-corrected chi connectivity index (χ3v) is 17.6. The van der Waals surface area contributed by atoms with E-state index >= 15 is 0 Å². The van der Waals surface area contributed by atoms with Gasteiger partial charge in [0.2, 0.25) is 0 Å². The molecule has 0 radical (unpaired) electrons. The summed E-state index contributed by atoms with van der Waals surface area (Å²) in [6.07, 6.45) is 0. The van der Waals surface area contributed by atoms with E-state index in [0.29, 0.717) is 0 Å². The number of aromatic nitrogens is 2. The molecule has 0 amide bonds. The molecule has 2 heterocycles. The molecule has 0 atom stereocenters. The summed E-state index contributed by atoms with van der Waals surface area (Å²) in [6, 6.07) is 89.7. The van der Waals surface area contributed by atoms with Crippen molar-refractivity contribution in [1.82, 2.24) is 9.13 Å². The van der Waals surface area contributed by atoms with Gasteiger partial charge < -0.3 is 14.0 Å². The van der Waals surface area contributed by atoms with Crippen LogP contribution in [0.4, 0.5) is 17.1 Å². The van der Waals surface area contributed by atoms with Crippen molar-refractivity contribution in [2.45, 2.75) is 13.8 Å². The van der Waals surface area contributed by atoms with Crippen molar-refractivity contribution in [3.8, 4) is 11.4 Å². The molecule has 0 fully saturated rings. The van der Waals surface area contributed by atoms with E-state index in [2.05, 4.69) is 264 Å². The number of fused-ring (bicyclic) bond motifs is 14. The summed E-state index contributed by atoms with van der Waals surface area (Å²) in [5.41, 5.74) is 13.1. The lowest BCUT2D eigenvalue weighted by molar-refractivity contribution is 1.20.